The van der Waals surface area contributed by atoms with Crippen LogP contribution in [-0.2, 0) is 14.8 Å². The molecule has 164 valence electrons. The third-order valence-electron chi connectivity index (χ3n) is 5.57. The van der Waals surface area contributed by atoms with Crippen molar-refractivity contribution in [2.75, 3.05) is 13.1 Å². The Labute approximate surface area is 191 Å². The van der Waals surface area contributed by atoms with E-state index in [1.165, 1.54) is 16.4 Å². The van der Waals surface area contributed by atoms with Crippen LogP contribution in [0.15, 0.2) is 57.8 Å². The van der Waals surface area contributed by atoms with Gasteiger partial charge < -0.3 is 9.73 Å². The van der Waals surface area contributed by atoms with E-state index >= 15 is 0 Å². The van der Waals surface area contributed by atoms with Gasteiger partial charge in [0.25, 0.3) is 0 Å². The third kappa shape index (κ3) is 4.46. The molecule has 31 heavy (non-hydrogen) atoms. The van der Waals surface area contributed by atoms with E-state index in [2.05, 4.69) is 5.32 Å². The van der Waals surface area contributed by atoms with Crippen LogP contribution in [0.25, 0.3) is 11.0 Å². The molecule has 2 heterocycles. The summed E-state index contributed by atoms with van der Waals surface area (Å²) in [6.45, 7) is 2.32. The van der Waals surface area contributed by atoms with Gasteiger partial charge in [-0.25, -0.2) is 8.42 Å². The maximum atomic E-state index is 13.0. The molecule has 1 aromatic heterocycles. The molecule has 0 bridgehead atoms. The molecule has 1 N–H and O–H groups in total. The quantitative estimate of drug-likeness (QED) is 0.555. The Morgan fingerprint density at radius 3 is 2.39 bits per heavy atom. The van der Waals surface area contributed by atoms with E-state index in [4.69, 9.17) is 27.6 Å². The van der Waals surface area contributed by atoms with Crippen LogP contribution in [0, 0.1) is 5.92 Å². The Hall–Kier alpha value is -2.06. The van der Waals surface area contributed by atoms with Crippen molar-refractivity contribution in [1.82, 2.24) is 9.62 Å². The highest BCUT2D eigenvalue weighted by atomic mass is 35.5. The van der Waals surface area contributed by atoms with E-state index in [9.17, 15) is 13.2 Å². The van der Waals surface area contributed by atoms with Crippen LogP contribution in [0.4, 0.5) is 0 Å². The van der Waals surface area contributed by atoms with Crippen molar-refractivity contribution < 1.29 is 17.6 Å². The fraction of sp³-hybridized carbons (Fsp3) is 0.318. The van der Waals surface area contributed by atoms with E-state index in [1.807, 2.05) is 37.3 Å². The van der Waals surface area contributed by atoms with Crippen molar-refractivity contribution in [3.8, 4) is 0 Å². The standard InChI is InChI=1S/C22H22Cl2N2O4S/c1-14(20-13-16-5-2-3-8-19(16)30-20)25-22(27)15-9-11-26(12-10-15)31(28,29)21-17(23)6-4-7-18(21)24/h2-8,13-15H,9-12H2,1H3,(H,25,27). The Morgan fingerprint density at radius 2 is 1.74 bits per heavy atom. The highest BCUT2D eigenvalue weighted by Gasteiger charge is 2.34. The molecule has 6 nitrogen and oxygen atoms in total. The van der Waals surface area contributed by atoms with E-state index in [-0.39, 0.29) is 45.9 Å². The van der Waals surface area contributed by atoms with Gasteiger partial charge in [-0.05, 0) is 44.0 Å². The third-order valence-corrected chi connectivity index (χ3v) is 8.43. The minimum Gasteiger partial charge on any atom is -0.459 e. The van der Waals surface area contributed by atoms with Gasteiger partial charge in [-0.15, -0.1) is 0 Å². The van der Waals surface area contributed by atoms with Crippen molar-refractivity contribution in [2.24, 2.45) is 5.92 Å². The number of hydrogen-bond donors (Lipinski definition) is 1. The molecule has 1 unspecified atom stereocenters. The summed E-state index contributed by atoms with van der Waals surface area (Å²) in [6, 6.07) is 13.9. The first-order valence-corrected chi connectivity index (χ1v) is 12.2. The number of rotatable bonds is 5. The molecule has 0 radical (unpaired) electrons. The Balaban J connectivity index is 1.39. The largest absolute Gasteiger partial charge is 0.459 e. The fourth-order valence-corrected chi connectivity index (χ4v) is 6.40. The molecule has 1 amide bonds. The van der Waals surface area contributed by atoms with Crippen molar-refractivity contribution in [3.63, 3.8) is 0 Å². The van der Waals surface area contributed by atoms with Crippen LogP contribution >= 0.6 is 23.2 Å². The monoisotopic (exact) mass is 480 g/mol. The molecular weight excluding hydrogens is 459 g/mol. The number of amides is 1. The van der Waals surface area contributed by atoms with Gasteiger partial charge in [0.2, 0.25) is 15.9 Å². The van der Waals surface area contributed by atoms with Crippen LogP contribution in [0.2, 0.25) is 10.0 Å². The van der Waals surface area contributed by atoms with Crippen molar-refractivity contribution in [1.29, 1.82) is 0 Å². The fourth-order valence-electron chi connectivity index (χ4n) is 3.83. The topological polar surface area (TPSA) is 79.6 Å². The predicted octanol–water partition coefficient (Wildman–Crippen LogP) is 5.02. The lowest BCUT2D eigenvalue weighted by Crippen LogP contribution is -2.43. The Kier molecular flexibility index (Phi) is 6.30. The summed E-state index contributed by atoms with van der Waals surface area (Å²) >= 11 is 12.2. The molecule has 4 rings (SSSR count). The number of sulfonamides is 1. The molecule has 1 fully saturated rings. The first kappa shape index (κ1) is 22.1. The molecule has 2 aromatic carbocycles. The summed E-state index contributed by atoms with van der Waals surface area (Å²) in [5.41, 5.74) is 0.773. The SMILES string of the molecule is CC(NC(=O)C1CCN(S(=O)(=O)c2c(Cl)cccc2Cl)CC1)c1cc2ccccc2o1. The van der Waals surface area contributed by atoms with E-state index < -0.39 is 10.0 Å². The number of fused-ring (bicyclic) bond motifs is 1. The van der Waals surface area contributed by atoms with Crippen molar-refractivity contribution >= 4 is 50.1 Å². The van der Waals surface area contributed by atoms with Gasteiger partial charge in [0.1, 0.15) is 16.2 Å². The average Bonchev–Trinajstić information content (AvgIpc) is 3.18. The molecule has 1 aliphatic rings. The van der Waals surface area contributed by atoms with Crippen molar-refractivity contribution in [3.05, 3.63) is 64.3 Å². The van der Waals surface area contributed by atoms with Crippen LogP contribution in [0.5, 0.6) is 0 Å². The second kappa shape index (κ2) is 8.82. The Morgan fingerprint density at radius 1 is 1.10 bits per heavy atom. The van der Waals surface area contributed by atoms with Gasteiger partial charge in [0.05, 0.1) is 16.1 Å². The minimum absolute atomic E-state index is 0.0836. The first-order chi connectivity index (χ1) is 14.8. The van der Waals surface area contributed by atoms with Crippen LogP contribution in [0.1, 0.15) is 31.6 Å². The summed E-state index contributed by atoms with van der Waals surface area (Å²) in [5, 5.41) is 4.15. The number of para-hydroxylation sites is 1. The molecule has 1 saturated heterocycles. The summed E-state index contributed by atoms with van der Waals surface area (Å²) in [5.74, 6) is 0.295. The number of carbonyl (C=O) groups is 1. The highest BCUT2D eigenvalue weighted by Crippen LogP contribution is 2.33. The second-order valence-electron chi connectivity index (χ2n) is 7.65. The number of benzene rings is 2. The summed E-state index contributed by atoms with van der Waals surface area (Å²) < 4.78 is 33.2. The molecule has 3 aromatic rings. The van der Waals surface area contributed by atoms with E-state index in [0.29, 0.717) is 18.6 Å². The summed E-state index contributed by atoms with van der Waals surface area (Å²) in [7, 11) is -3.83. The van der Waals surface area contributed by atoms with Crippen molar-refractivity contribution in [2.45, 2.75) is 30.7 Å². The summed E-state index contributed by atoms with van der Waals surface area (Å²) in [6.07, 6.45) is 0.833. The van der Waals surface area contributed by atoms with Gasteiger partial charge >= 0.3 is 0 Å². The molecule has 1 aliphatic heterocycles. The maximum absolute atomic E-state index is 13.0. The second-order valence-corrected chi connectivity index (χ2v) is 10.3. The number of hydrogen-bond acceptors (Lipinski definition) is 4. The molecule has 1 atom stereocenters. The molecule has 0 spiro atoms. The van der Waals surface area contributed by atoms with Gasteiger partial charge in [-0.3, -0.25) is 4.79 Å². The zero-order valence-corrected chi connectivity index (χ0v) is 19.2. The molecular formula is C22H22Cl2N2O4S. The number of halogens is 2. The lowest BCUT2D eigenvalue weighted by molar-refractivity contribution is -0.126. The summed E-state index contributed by atoms with van der Waals surface area (Å²) in [4.78, 5) is 12.7. The normalized spacial score (nSPS) is 17.0. The zero-order valence-electron chi connectivity index (χ0n) is 16.8. The van der Waals surface area contributed by atoms with E-state index in [1.54, 1.807) is 6.07 Å². The predicted molar refractivity (Wildman–Crippen MR) is 121 cm³/mol. The number of nitrogens with zero attached hydrogens (tertiary/aromatic N) is 1. The lowest BCUT2D eigenvalue weighted by Gasteiger charge is -2.31. The lowest BCUT2D eigenvalue weighted by atomic mass is 9.97. The van der Waals surface area contributed by atoms with Crippen LogP contribution in [0.3, 0.4) is 0 Å². The first-order valence-electron chi connectivity index (χ1n) is 10.0. The Bertz CT molecular complexity index is 1160. The van der Waals surface area contributed by atoms with Gasteiger partial charge in [-0.2, -0.15) is 4.31 Å². The number of nitrogens with one attached hydrogen (secondary N) is 1. The van der Waals surface area contributed by atoms with Gasteiger partial charge in [-0.1, -0.05) is 47.5 Å². The maximum Gasteiger partial charge on any atom is 0.246 e. The molecule has 9 heteroatoms. The number of carbonyl (C=O) groups excluding carboxylic acids is 1. The van der Waals surface area contributed by atoms with E-state index in [0.717, 1.165) is 11.0 Å². The minimum atomic E-state index is -3.83. The molecule has 0 aliphatic carbocycles. The highest BCUT2D eigenvalue weighted by molar-refractivity contribution is 7.89. The van der Waals surface area contributed by atoms with Crippen LogP contribution in [-0.4, -0.2) is 31.7 Å². The van der Waals surface area contributed by atoms with Gasteiger partial charge in [0, 0.05) is 24.4 Å². The number of furan rings is 1. The zero-order chi connectivity index (χ0) is 22.2. The molecule has 0 saturated carbocycles. The van der Waals surface area contributed by atoms with Crippen LogP contribution < -0.4 is 5.32 Å². The smallest absolute Gasteiger partial charge is 0.246 e. The van der Waals surface area contributed by atoms with Gasteiger partial charge in [0.15, 0.2) is 0 Å². The average molecular weight is 481 g/mol. The number of piperidine rings is 1.